The molecule has 6 heteroatoms. The van der Waals surface area contributed by atoms with Crippen LogP contribution in [0.4, 0.5) is 0 Å². The summed E-state index contributed by atoms with van der Waals surface area (Å²) in [6.07, 6.45) is 2.25. The number of nitrogens with zero attached hydrogens (tertiary/aromatic N) is 4. The molecule has 1 aromatic heterocycles. The van der Waals surface area contributed by atoms with E-state index >= 15 is 0 Å². The third-order valence-corrected chi connectivity index (χ3v) is 5.42. The SMILES string of the molecule is Cc1nn(C)cc1C(=O)N1C[C@@H](O)[C@H](N2CCc3ccccc3C2)C1. The summed E-state index contributed by atoms with van der Waals surface area (Å²) in [6.45, 7) is 4.56. The first-order chi connectivity index (χ1) is 12.0. The van der Waals surface area contributed by atoms with E-state index in [4.69, 9.17) is 0 Å². The lowest BCUT2D eigenvalue weighted by molar-refractivity contribution is 0.0735. The van der Waals surface area contributed by atoms with Crippen LogP contribution in [-0.4, -0.2) is 62.4 Å². The van der Waals surface area contributed by atoms with Crippen LogP contribution in [0.5, 0.6) is 0 Å². The third kappa shape index (κ3) is 2.96. The Hall–Kier alpha value is -2.18. The molecule has 2 aliphatic rings. The predicted molar refractivity (Wildman–Crippen MR) is 94.2 cm³/mol. The Morgan fingerprint density at radius 1 is 1.24 bits per heavy atom. The Kier molecular flexibility index (Phi) is 4.09. The molecule has 0 radical (unpaired) electrons. The fourth-order valence-electron chi connectivity index (χ4n) is 4.07. The van der Waals surface area contributed by atoms with E-state index in [-0.39, 0.29) is 11.9 Å². The highest BCUT2D eigenvalue weighted by Crippen LogP contribution is 2.25. The number of fused-ring (bicyclic) bond motifs is 1. The van der Waals surface area contributed by atoms with Crippen molar-refractivity contribution >= 4 is 5.91 Å². The summed E-state index contributed by atoms with van der Waals surface area (Å²) in [6, 6.07) is 8.47. The fourth-order valence-corrected chi connectivity index (χ4v) is 4.07. The van der Waals surface area contributed by atoms with Crippen molar-refractivity contribution in [1.29, 1.82) is 0 Å². The molecule has 0 spiro atoms. The van der Waals surface area contributed by atoms with Gasteiger partial charge in [0.1, 0.15) is 0 Å². The summed E-state index contributed by atoms with van der Waals surface area (Å²) in [7, 11) is 1.82. The first-order valence-corrected chi connectivity index (χ1v) is 8.81. The van der Waals surface area contributed by atoms with Gasteiger partial charge in [0.25, 0.3) is 5.91 Å². The molecule has 2 atom stereocenters. The zero-order valence-corrected chi connectivity index (χ0v) is 14.7. The largest absolute Gasteiger partial charge is 0.390 e. The number of aliphatic hydroxyl groups is 1. The average Bonchev–Trinajstić information content (AvgIpc) is 3.16. The number of likely N-dealkylation sites (tertiary alicyclic amines) is 1. The number of rotatable bonds is 2. The minimum atomic E-state index is -0.508. The molecule has 3 heterocycles. The highest BCUT2D eigenvalue weighted by Gasteiger charge is 2.39. The highest BCUT2D eigenvalue weighted by atomic mass is 16.3. The molecule has 0 unspecified atom stereocenters. The average molecular weight is 340 g/mol. The van der Waals surface area contributed by atoms with E-state index in [1.807, 2.05) is 14.0 Å². The number of β-amino-alcohol motifs (C(OH)–C–C–N with tert-alkyl or cyclic N) is 1. The lowest BCUT2D eigenvalue weighted by atomic mass is 9.98. The molecule has 2 aliphatic heterocycles. The van der Waals surface area contributed by atoms with Gasteiger partial charge >= 0.3 is 0 Å². The number of carbonyl (C=O) groups is 1. The van der Waals surface area contributed by atoms with Crippen molar-refractivity contribution in [3.05, 3.63) is 52.8 Å². The van der Waals surface area contributed by atoms with Gasteiger partial charge < -0.3 is 10.0 Å². The summed E-state index contributed by atoms with van der Waals surface area (Å²) >= 11 is 0. The monoisotopic (exact) mass is 340 g/mol. The second kappa shape index (κ2) is 6.28. The van der Waals surface area contributed by atoms with Gasteiger partial charge in [0.2, 0.25) is 0 Å². The molecule has 25 heavy (non-hydrogen) atoms. The first-order valence-electron chi connectivity index (χ1n) is 8.81. The number of benzene rings is 1. The van der Waals surface area contributed by atoms with E-state index in [1.165, 1.54) is 11.1 Å². The zero-order chi connectivity index (χ0) is 17.6. The lowest BCUT2D eigenvalue weighted by Crippen LogP contribution is -2.45. The minimum Gasteiger partial charge on any atom is -0.390 e. The maximum atomic E-state index is 12.8. The Bertz CT molecular complexity index is 800. The summed E-state index contributed by atoms with van der Waals surface area (Å²) < 4.78 is 1.66. The van der Waals surface area contributed by atoms with Crippen molar-refractivity contribution in [3.63, 3.8) is 0 Å². The minimum absolute atomic E-state index is 0.00529. The van der Waals surface area contributed by atoms with Crippen molar-refractivity contribution in [2.45, 2.75) is 32.0 Å². The molecule has 6 nitrogen and oxygen atoms in total. The number of hydrogen-bond donors (Lipinski definition) is 1. The van der Waals surface area contributed by atoms with Crippen LogP contribution in [-0.2, 0) is 20.0 Å². The van der Waals surface area contributed by atoms with Gasteiger partial charge in [0.15, 0.2) is 0 Å². The van der Waals surface area contributed by atoms with Gasteiger partial charge in [-0.25, -0.2) is 0 Å². The van der Waals surface area contributed by atoms with Gasteiger partial charge in [-0.2, -0.15) is 5.10 Å². The van der Waals surface area contributed by atoms with Crippen molar-refractivity contribution in [3.8, 4) is 0 Å². The second-order valence-electron chi connectivity index (χ2n) is 7.14. The molecule has 0 saturated carbocycles. The Morgan fingerprint density at radius 2 is 2.00 bits per heavy atom. The number of hydrogen-bond acceptors (Lipinski definition) is 4. The maximum absolute atomic E-state index is 12.8. The molecule has 0 bridgehead atoms. The summed E-state index contributed by atoms with van der Waals surface area (Å²) in [4.78, 5) is 16.9. The van der Waals surface area contributed by atoms with Gasteiger partial charge in [-0.1, -0.05) is 24.3 Å². The van der Waals surface area contributed by atoms with Crippen LogP contribution in [0.25, 0.3) is 0 Å². The molecule has 132 valence electrons. The molecule has 1 aromatic carbocycles. The summed E-state index contributed by atoms with van der Waals surface area (Å²) in [5.74, 6) is -0.0374. The van der Waals surface area contributed by atoms with Crippen LogP contribution in [0, 0.1) is 6.92 Å². The maximum Gasteiger partial charge on any atom is 0.257 e. The number of aryl methyl sites for hydroxylation is 2. The third-order valence-electron chi connectivity index (χ3n) is 5.42. The number of aromatic nitrogens is 2. The van der Waals surface area contributed by atoms with E-state index in [0.717, 1.165) is 25.2 Å². The number of aliphatic hydroxyl groups excluding tert-OH is 1. The molecule has 1 saturated heterocycles. The van der Waals surface area contributed by atoms with E-state index in [2.05, 4.69) is 34.3 Å². The Labute approximate surface area is 147 Å². The predicted octanol–water partition coefficient (Wildman–Crippen LogP) is 0.972. The second-order valence-corrected chi connectivity index (χ2v) is 7.14. The number of amides is 1. The molecular formula is C19H24N4O2. The van der Waals surface area contributed by atoms with Gasteiger partial charge in [0.05, 0.1) is 23.4 Å². The van der Waals surface area contributed by atoms with Gasteiger partial charge in [-0.15, -0.1) is 0 Å². The van der Waals surface area contributed by atoms with Crippen molar-refractivity contribution in [1.82, 2.24) is 19.6 Å². The van der Waals surface area contributed by atoms with Crippen LogP contribution in [0.1, 0.15) is 27.2 Å². The van der Waals surface area contributed by atoms with Crippen molar-refractivity contribution in [2.75, 3.05) is 19.6 Å². The van der Waals surface area contributed by atoms with Crippen LogP contribution in [0.3, 0.4) is 0 Å². The zero-order valence-electron chi connectivity index (χ0n) is 14.7. The highest BCUT2D eigenvalue weighted by molar-refractivity contribution is 5.95. The van der Waals surface area contributed by atoms with Crippen LogP contribution in [0.2, 0.25) is 0 Å². The topological polar surface area (TPSA) is 61.6 Å². The van der Waals surface area contributed by atoms with Crippen LogP contribution >= 0.6 is 0 Å². The number of carbonyl (C=O) groups excluding carboxylic acids is 1. The fraction of sp³-hybridized carbons (Fsp3) is 0.474. The molecule has 2 aromatic rings. The molecule has 0 aliphatic carbocycles. The van der Waals surface area contributed by atoms with Crippen molar-refractivity contribution in [2.24, 2.45) is 7.05 Å². The first kappa shape index (κ1) is 16.3. The summed E-state index contributed by atoms with van der Waals surface area (Å²) in [5, 5.41) is 14.8. The molecule has 4 rings (SSSR count). The van der Waals surface area contributed by atoms with Gasteiger partial charge in [0, 0.05) is 39.4 Å². The van der Waals surface area contributed by atoms with Gasteiger partial charge in [-0.05, 0) is 24.5 Å². The van der Waals surface area contributed by atoms with Crippen molar-refractivity contribution < 1.29 is 9.90 Å². The molecular weight excluding hydrogens is 316 g/mol. The van der Waals surface area contributed by atoms with E-state index < -0.39 is 6.10 Å². The molecule has 1 fully saturated rings. The Balaban J connectivity index is 1.48. The van der Waals surface area contributed by atoms with Crippen LogP contribution < -0.4 is 0 Å². The smallest absolute Gasteiger partial charge is 0.257 e. The normalized spacial score (nSPS) is 23.7. The standard InChI is InChI=1S/C19H24N4O2/c1-13-16(10-21(2)20-13)19(25)23-11-17(18(24)12-23)22-8-7-14-5-3-4-6-15(14)9-22/h3-6,10,17-18,24H,7-9,11-12H2,1-2H3/t17-,18-/m1/s1. The quantitative estimate of drug-likeness (QED) is 0.885. The van der Waals surface area contributed by atoms with E-state index in [0.29, 0.717) is 18.7 Å². The Morgan fingerprint density at radius 3 is 2.72 bits per heavy atom. The molecule has 1 amide bonds. The van der Waals surface area contributed by atoms with E-state index in [1.54, 1.807) is 15.8 Å². The summed E-state index contributed by atoms with van der Waals surface area (Å²) in [5.41, 5.74) is 4.08. The molecule has 1 N–H and O–H groups in total. The lowest BCUT2D eigenvalue weighted by Gasteiger charge is -2.34. The van der Waals surface area contributed by atoms with Gasteiger partial charge in [-0.3, -0.25) is 14.4 Å². The van der Waals surface area contributed by atoms with E-state index in [9.17, 15) is 9.90 Å². The van der Waals surface area contributed by atoms with Crippen LogP contribution in [0.15, 0.2) is 30.5 Å².